The van der Waals surface area contributed by atoms with E-state index in [0.717, 1.165) is 17.1 Å². The molecule has 0 spiro atoms. The number of carbonyl (C=O) groups is 1. The maximum absolute atomic E-state index is 13.2. The first kappa shape index (κ1) is 19.1. The molecule has 1 amide bonds. The fourth-order valence-electron chi connectivity index (χ4n) is 3.69. The van der Waals surface area contributed by atoms with Crippen LogP contribution in [0.2, 0.25) is 0 Å². The van der Waals surface area contributed by atoms with Gasteiger partial charge in [0.15, 0.2) is 0 Å². The van der Waals surface area contributed by atoms with Crippen molar-refractivity contribution in [2.45, 2.75) is 19.1 Å². The molecule has 1 aliphatic rings. The van der Waals surface area contributed by atoms with E-state index in [-0.39, 0.29) is 11.8 Å². The Morgan fingerprint density at radius 1 is 0.966 bits per heavy atom. The Labute approximate surface area is 170 Å². The van der Waals surface area contributed by atoms with E-state index in [1.807, 2.05) is 60.7 Å². The predicted molar refractivity (Wildman–Crippen MR) is 111 cm³/mol. The number of aliphatic hydroxyl groups excluding tert-OH is 1. The van der Waals surface area contributed by atoms with Gasteiger partial charge in [-0.05, 0) is 42.8 Å². The number of pyridine rings is 2. The van der Waals surface area contributed by atoms with Gasteiger partial charge in [0, 0.05) is 42.8 Å². The first-order valence-corrected chi connectivity index (χ1v) is 9.81. The van der Waals surface area contributed by atoms with Crippen molar-refractivity contribution in [3.63, 3.8) is 0 Å². The van der Waals surface area contributed by atoms with Crippen molar-refractivity contribution in [3.8, 4) is 0 Å². The zero-order valence-corrected chi connectivity index (χ0v) is 16.1. The van der Waals surface area contributed by atoms with Gasteiger partial charge in [-0.15, -0.1) is 0 Å². The molecule has 1 fully saturated rings. The minimum absolute atomic E-state index is 0.0116. The molecule has 2 aromatic heterocycles. The van der Waals surface area contributed by atoms with E-state index >= 15 is 0 Å². The Balaban J connectivity index is 1.44. The van der Waals surface area contributed by atoms with Crippen molar-refractivity contribution in [2.75, 3.05) is 18.4 Å². The lowest BCUT2D eigenvalue weighted by Gasteiger charge is -2.19. The largest absolute Gasteiger partial charge is 0.391 e. The van der Waals surface area contributed by atoms with Gasteiger partial charge in [-0.2, -0.15) is 0 Å². The van der Waals surface area contributed by atoms with E-state index in [1.54, 1.807) is 17.3 Å². The summed E-state index contributed by atoms with van der Waals surface area (Å²) in [4.78, 5) is 23.6. The lowest BCUT2D eigenvalue weighted by molar-refractivity contribution is 0.0765. The number of aromatic nitrogens is 2. The van der Waals surface area contributed by atoms with Gasteiger partial charge in [0.2, 0.25) is 0 Å². The van der Waals surface area contributed by atoms with Crippen molar-refractivity contribution in [1.82, 2.24) is 14.9 Å². The van der Waals surface area contributed by atoms with Gasteiger partial charge in [0.25, 0.3) is 5.91 Å². The molecule has 1 saturated heterocycles. The Morgan fingerprint density at radius 2 is 1.66 bits per heavy atom. The van der Waals surface area contributed by atoms with Crippen LogP contribution >= 0.6 is 0 Å². The van der Waals surface area contributed by atoms with Crippen LogP contribution in [0.3, 0.4) is 0 Å². The van der Waals surface area contributed by atoms with Gasteiger partial charge in [-0.3, -0.25) is 14.8 Å². The summed E-state index contributed by atoms with van der Waals surface area (Å²) in [5, 5.41) is 13.8. The Bertz CT molecular complexity index is 949. The maximum Gasteiger partial charge on any atom is 0.256 e. The average Bonchev–Trinajstić information content (AvgIpc) is 3.13. The third-order valence-electron chi connectivity index (χ3n) is 5.23. The Kier molecular flexibility index (Phi) is 5.81. The number of aliphatic hydroxyl groups is 1. The van der Waals surface area contributed by atoms with Crippen molar-refractivity contribution < 1.29 is 9.90 Å². The summed E-state index contributed by atoms with van der Waals surface area (Å²) in [5.41, 5.74) is 3.21. The number of hydrogen-bond donors (Lipinski definition) is 2. The number of hydrogen-bond acceptors (Lipinski definition) is 5. The number of para-hydroxylation sites is 1. The van der Waals surface area contributed by atoms with E-state index in [0.29, 0.717) is 31.6 Å². The summed E-state index contributed by atoms with van der Waals surface area (Å²) >= 11 is 0. The number of carbonyl (C=O) groups excluding carboxylic acids is 1. The van der Waals surface area contributed by atoms with Crippen LogP contribution in [0.4, 0.5) is 5.69 Å². The third kappa shape index (κ3) is 4.60. The van der Waals surface area contributed by atoms with Crippen molar-refractivity contribution >= 4 is 11.6 Å². The highest BCUT2D eigenvalue weighted by Gasteiger charge is 2.35. The van der Waals surface area contributed by atoms with Gasteiger partial charge >= 0.3 is 0 Å². The van der Waals surface area contributed by atoms with Gasteiger partial charge in [-0.25, -0.2) is 0 Å². The first-order valence-electron chi connectivity index (χ1n) is 9.81. The maximum atomic E-state index is 13.2. The highest BCUT2D eigenvalue weighted by atomic mass is 16.3. The lowest BCUT2D eigenvalue weighted by Crippen LogP contribution is -2.30. The van der Waals surface area contributed by atoms with E-state index in [2.05, 4.69) is 15.3 Å². The van der Waals surface area contributed by atoms with Crippen LogP contribution in [0, 0.1) is 5.92 Å². The first-order chi connectivity index (χ1) is 14.2. The normalized spacial score (nSPS) is 18.6. The SMILES string of the molecule is O=C(c1ccccc1NCc1ccccn1)N1C[C@@H](Cc2ccccn2)[C@H](O)C1. The fraction of sp³-hybridized carbons (Fsp3) is 0.261. The predicted octanol–water partition coefficient (Wildman–Crippen LogP) is 2.76. The van der Waals surface area contributed by atoms with Gasteiger partial charge < -0.3 is 15.3 Å². The molecule has 3 aromatic rings. The standard InChI is InChI=1S/C23H24N4O2/c28-22-16-27(15-17(22)13-18-7-3-5-11-24-18)23(29)20-9-1-2-10-21(20)26-14-19-8-4-6-12-25-19/h1-12,17,22,26,28H,13-16H2/t17-,22-/m1/s1. The minimum atomic E-state index is -0.547. The number of nitrogens with zero attached hydrogens (tertiary/aromatic N) is 3. The highest BCUT2D eigenvalue weighted by molar-refractivity contribution is 5.99. The van der Waals surface area contributed by atoms with Crippen LogP contribution in [0.1, 0.15) is 21.7 Å². The zero-order chi connectivity index (χ0) is 20.1. The summed E-state index contributed by atoms with van der Waals surface area (Å²) in [7, 11) is 0. The lowest BCUT2D eigenvalue weighted by atomic mass is 10.00. The molecule has 1 aliphatic heterocycles. The Hall–Kier alpha value is -3.25. The van der Waals surface area contributed by atoms with E-state index < -0.39 is 6.10 Å². The molecule has 0 radical (unpaired) electrons. The van der Waals surface area contributed by atoms with Crippen LogP contribution < -0.4 is 5.32 Å². The topological polar surface area (TPSA) is 78.4 Å². The number of amides is 1. The molecule has 0 bridgehead atoms. The van der Waals surface area contributed by atoms with Crippen molar-refractivity contribution in [3.05, 3.63) is 90.0 Å². The molecule has 6 nitrogen and oxygen atoms in total. The van der Waals surface area contributed by atoms with Crippen LogP contribution in [0.15, 0.2) is 73.1 Å². The van der Waals surface area contributed by atoms with Crippen molar-refractivity contribution in [1.29, 1.82) is 0 Å². The molecule has 0 aliphatic carbocycles. The molecule has 2 atom stereocenters. The molecule has 3 heterocycles. The minimum Gasteiger partial charge on any atom is -0.391 e. The van der Waals surface area contributed by atoms with Crippen LogP contribution in [-0.2, 0) is 13.0 Å². The summed E-state index contributed by atoms with van der Waals surface area (Å²) in [6.07, 6.45) is 3.62. The molecule has 0 saturated carbocycles. The second-order valence-electron chi connectivity index (χ2n) is 7.28. The smallest absolute Gasteiger partial charge is 0.256 e. The number of benzene rings is 1. The molecule has 148 valence electrons. The quantitative estimate of drug-likeness (QED) is 0.679. The van der Waals surface area contributed by atoms with Gasteiger partial charge in [0.05, 0.1) is 23.9 Å². The van der Waals surface area contributed by atoms with Crippen LogP contribution in [-0.4, -0.2) is 45.1 Å². The summed E-state index contributed by atoms with van der Waals surface area (Å²) < 4.78 is 0. The molecule has 2 N–H and O–H groups in total. The van der Waals surface area contributed by atoms with Gasteiger partial charge in [-0.1, -0.05) is 24.3 Å². The summed E-state index contributed by atoms with van der Waals surface area (Å²) in [6.45, 7) is 1.39. The average molecular weight is 388 g/mol. The highest BCUT2D eigenvalue weighted by Crippen LogP contribution is 2.25. The fourth-order valence-corrected chi connectivity index (χ4v) is 3.69. The second kappa shape index (κ2) is 8.84. The van der Waals surface area contributed by atoms with Crippen LogP contribution in [0.5, 0.6) is 0 Å². The van der Waals surface area contributed by atoms with Crippen LogP contribution in [0.25, 0.3) is 0 Å². The number of nitrogens with one attached hydrogen (secondary N) is 1. The molecule has 0 unspecified atom stereocenters. The monoisotopic (exact) mass is 388 g/mol. The van der Waals surface area contributed by atoms with E-state index in [9.17, 15) is 9.90 Å². The number of anilines is 1. The van der Waals surface area contributed by atoms with E-state index in [4.69, 9.17) is 0 Å². The molecule has 29 heavy (non-hydrogen) atoms. The molecule has 4 rings (SSSR count). The zero-order valence-electron chi connectivity index (χ0n) is 16.1. The molecule has 1 aromatic carbocycles. The van der Waals surface area contributed by atoms with E-state index in [1.165, 1.54) is 0 Å². The van der Waals surface area contributed by atoms with Crippen molar-refractivity contribution in [2.24, 2.45) is 5.92 Å². The third-order valence-corrected chi connectivity index (χ3v) is 5.23. The Morgan fingerprint density at radius 3 is 2.38 bits per heavy atom. The number of β-amino-alcohol motifs (C(OH)–C–C–N with tert-alkyl or cyclic N) is 1. The summed E-state index contributed by atoms with van der Waals surface area (Å²) in [5.74, 6) is -0.0841. The number of rotatable bonds is 6. The molecule has 6 heteroatoms. The molecular weight excluding hydrogens is 364 g/mol. The molecular formula is C23H24N4O2. The summed E-state index contributed by atoms with van der Waals surface area (Å²) in [6, 6.07) is 19.0. The number of likely N-dealkylation sites (tertiary alicyclic amines) is 1. The van der Waals surface area contributed by atoms with Gasteiger partial charge in [0.1, 0.15) is 0 Å². The second-order valence-corrected chi connectivity index (χ2v) is 7.28.